The Morgan fingerprint density at radius 1 is 1.12 bits per heavy atom. The normalized spacial score (nSPS) is 10.6. The first-order chi connectivity index (χ1) is 15.2. The summed E-state index contributed by atoms with van der Waals surface area (Å²) in [4.78, 5) is 37.5. The summed E-state index contributed by atoms with van der Waals surface area (Å²) < 4.78 is 16.2. The van der Waals surface area contributed by atoms with Crippen molar-refractivity contribution < 1.29 is 24.2 Å². The predicted octanol–water partition coefficient (Wildman–Crippen LogP) is 3.53. The van der Waals surface area contributed by atoms with Gasteiger partial charge in [-0.25, -0.2) is 9.18 Å². The van der Waals surface area contributed by atoms with E-state index in [1.54, 1.807) is 24.3 Å². The molecule has 1 aromatic heterocycles. The van der Waals surface area contributed by atoms with Gasteiger partial charge in [0.05, 0.1) is 12.1 Å². The fourth-order valence-electron chi connectivity index (χ4n) is 3.25. The third-order valence-electron chi connectivity index (χ3n) is 4.84. The van der Waals surface area contributed by atoms with Gasteiger partial charge in [-0.15, -0.1) is 0 Å². The molecule has 1 heterocycles. The quantitative estimate of drug-likeness (QED) is 0.544. The van der Waals surface area contributed by atoms with E-state index in [1.807, 2.05) is 6.07 Å². The lowest BCUT2D eigenvalue weighted by Crippen LogP contribution is -2.41. The number of aromatic nitrogens is 1. The second-order valence-electron chi connectivity index (χ2n) is 7.17. The van der Waals surface area contributed by atoms with Crippen molar-refractivity contribution >= 4 is 23.4 Å². The zero-order valence-electron chi connectivity index (χ0n) is 17.5. The lowest BCUT2D eigenvalue weighted by Gasteiger charge is -2.25. The highest BCUT2D eigenvalue weighted by Crippen LogP contribution is 2.36. The fourth-order valence-corrected chi connectivity index (χ4v) is 3.25. The Morgan fingerprint density at radius 3 is 2.47 bits per heavy atom. The lowest BCUT2D eigenvalue weighted by atomic mass is 10.0. The summed E-state index contributed by atoms with van der Waals surface area (Å²) in [6.45, 7) is 1.28. The molecule has 0 bridgehead atoms. The number of benzene rings is 2. The van der Waals surface area contributed by atoms with Gasteiger partial charge in [0.25, 0.3) is 5.56 Å². The van der Waals surface area contributed by atoms with Gasteiger partial charge in [-0.3, -0.25) is 14.5 Å². The third-order valence-corrected chi connectivity index (χ3v) is 4.84. The van der Waals surface area contributed by atoms with Gasteiger partial charge in [-0.2, -0.15) is 0 Å². The number of aliphatic carboxylic acids is 1. The first kappa shape index (κ1) is 22.5. The molecule has 2 aromatic carbocycles. The van der Waals surface area contributed by atoms with Crippen LogP contribution in [0.4, 0.5) is 20.6 Å². The summed E-state index contributed by atoms with van der Waals surface area (Å²) in [5.41, 5.74) is 0.188. The first-order valence-electron chi connectivity index (χ1n) is 9.74. The molecule has 0 aliphatic heterocycles. The minimum Gasteiger partial charge on any atom is -0.505 e. The van der Waals surface area contributed by atoms with Crippen LogP contribution in [0, 0.1) is 12.7 Å². The number of urea groups is 1. The average molecular weight is 439 g/mol. The third kappa shape index (κ3) is 4.61. The second-order valence-corrected chi connectivity index (χ2v) is 7.17. The number of nitrogens with one attached hydrogen (secondary N) is 1. The molecular weight excluding hydrogens is 417 g/mol. The van der Waals surface area contributed by atoms with Crippen LogP contribution in [0.1, 0.15) is 12.0 Å². The molecule has 0 saturated heterocycles. The number of carbonyl (C=O) groups is 2. The second kappa shape index (κ2) is 9.34. The van der Waals surface area contributed by atoms with E-state index in [2.05, 4.69) is 5.32 Å². The molecule has 0 aliphatic rings. The molecule has 9 heteroatoms. The maximum Gasteiger partial charge on any atom is 0.326 e. The molecule has 0 aliphatic carbocycles. The Hall–Kier alpha value is -4.14. The topological polar surface area (TPSA) is 112 Å². The van der Waals surface area contributed by atoms with E-state index in [0.29, 0.717) is 11.1 Å². The number of carboxylic acid groups (broad SMARTS) is 1. The maximum atomic E-state index is 15.0. The zero-order chi connectivity index (χ0) is 23.4. The summed E-state index contributed by atoms with van der Waals surface area (Å²) in [6, 6.07) is 12.2. The van der Waals surface area contributed by atoms with Gasteiger partial charge in [-0.05, 0) is 30.2 Å². The van der Waals surface area contributed by atoms with E-state index in [1.165, 1.54) is 36.9 Å². The molecule has 0 spiro atoms. The predicted molar refractivity (Wildman–Crippen MR) is 118 cm³/mol. The Bertz CT molecular complexity index is 1220. The molecule has 3 aromatic rings. The van der Waals surface area contributed by atoms with Gasteiger partial charge in [0.15, 0.2) is 5.69 Å². The largest absolute Gasteiger partial charge is 0.505 e. The number of pyridine rings is 1. The summed E-state index contributed by atoms with van der Waals surface area (Å²) in [7, 11) is 1.44. The Labute approximate surface area is 183 Å². The number of carbonyl (C=O) groups excluding carboxylic acids is 1. The van der Waals surface area contributed by atoms with E-state index < -0.39 is 34.8 Å². The highest BCUT2D eigenvalue weighted by Gasteiger charge is 2.28. The molecule has 0 fully saturated rings. The molecule has 0 unspecified atom stereocenters. The van der Waals surface area contributed by atoms with E-state index in [0.717, 1.165) is 16.5 Å². The minimum atomic E-state index is -1.14. The first-order valence-corrected chi connectivity index (χ1v) is 9.74. The van der Waals surface area contributed by atoms with Crippen molar-refractivity contribution in [2.75, 3.05) is 11.4 Å². The number of aryl methyl sites for hydroxylation is 2. The monoisotopic (exact) mass is 439 g/mol. The van der Waals surface area contributed by atoms with Crippen molar-refractivity contribution in [1.82, 2.24) is 9.88 Å². The van der Waals surface area contributed by atoms with Crippen LogP contribution in [0.15, 0.2) is 59.5 Å². The molecule has 0 radical (unpaired) electrons. The summed E-state index contributed by atoms with van der Waals surface area (Å²) in [5.74, 6) is -2.42. The van der Waals surface area contributed by atoms with Gasteiger partial charge >= 0.3 is 12.0 Å². The van der Waals surface area contributed by atoms with Crippen molar-refractivity contribution in [2.24, 2.45) is 7.05 Å². The van der Waals surface area contributed by atoms with Gasteiger partial charge in [0.1, 0.15) is 11.6 Å². The smallest absolute Gasteiger partial charge is 0.326 e. The van der Waals surface area contributed by atoms with E-state index in [-0.39, 0.29) is 18.7 Å². The van der Waals surface area contributed by atoms with Crippen molar-refractivity contribution in [3.8, 4) is 16.9 Å². The number of aromatic hydroxyl groups is 1. The summed E-state index contributed by atoms with van der Waals surface area (Å²) in [6.07, 6.45) is 1.02. The Kier molecular flexibility index (Phi) is 6.58. The molecular formula is C23H22FN3O5. The fraction of sp³-hybridized carbons (Fsp3) is 0.174. The molecule has 166 valence electrons. The number of halogens is 1. The summed E-state index contributed by atoms with van der Waals surface area (Å²) >= 11 is 0. The maximum absolute atomic E-state index is 15.0. The molecule has 0 atom stereocenters. The standard InChI is InChI=1S/C23H22FN3O5/c1-14-13-26(2)22(31)20(21(14)30)27(23(32)25-11-10-19(28)29)18-12-16(8-9-17(18)24)15-6-4-3-5-7-15/h3-9,12-13,30H,10-11H2,1-2H3,(H,25,32)(H,28,29). The Balaban J connectivity index is 2.20. The van der Waals surface area contributed by atoms with Crippen molar-refractivity contribution in [3.63, 3.8) is 0 Å². The van der Waals surface area contributed by atoms with Crippen LogP contribution >= 0.6 is 0 Å². The molecule has 8 nitrogen and oxygen atoms in total. The molecule has 32 heavy (non-hydrogen) atoms. The van der Waals surface area contributed by atoms with E-state index in [4.69, 9.17) is 5.11 Å². The van der Waals surface area contributed by atoms with Crippen LogP contribution in [0.5, 0.6) is 5.75 Å². The highest BCUT2D eigenvalue weighted by molar-refractivity contribution is 6.01. The van der Waals surface area contributed by atoms with E-state index >= 15 is 0 Å². The van der Waals surface area contributed by atoms with Crippen molar-refractivity contribution in [2.45, 2.75) is 13.3 Å². The van der Waals surface area contributed by atoms with Crippen molar-refractivity contribution in [3.05, 3.63) is 76.5 Å². The number of anilines is 2. The van der Waals surface area contributed by atoms with Crippen LogP contribution in [-0.2, 0) is 11.8 Å². The van der Waals surface area contributed by atoms with Crippen LogP contribution in [0.2, 0.25) is 0 Å². The van der Waals surface area contributed by atoms with E-state index in [9.17, 15) is 23.9 Å². The SMILES string of the molecule is Cc1cn(C)c(=O)c(N(C(=O)NCCC(=O)O)c2cc(-c3ccccc3)ccc2F)c1O. The lowest BCUT2D eigenvalue weighted by molar-refractivity contribution is -0.136. The van der Waals surface area contributed by atoms with Gasteiger partial charge in [0.2, 0.25) is 0 Å². The molecule has 3 rings (SSSR count). The molecule has 2 amide bonds. The van der Waals surface area contributed by atoms with Crippen LogP contribution in [0.25, 0.3) is 11.1 Å². The average Bonchev–Trinajstić information content (AvgIpc) is 2.76. The molecule has 0 saturated carbocycles. The number of hydrogen-bond donors (Lipinski definition) is 3. The number of carboxylic acids is 1. The summed E-state index contributed by atoms with van der Waals surface area (Å²) in [5, 5.41) is 21.8. The number of hydrogen-bond acceptors (Lipinski definition) is 4. The number of rotatable bonds is 6. The zero-order valence-corrected chi connectivity index (χ0v) is 17.5. The van der Waals surface area contributed by atoms with Crippen LogP contribution in [0.3, 0.4) is 0 Å². The van der Waals surface area contributed by atoms with Gasteiger partial charge in [-0.1, -0.05) is 36.4 Å². The van der Waals surface area contributed by atoms with Crippen molar-refractivity contribution in [1.29, 1.82) is 0 Å². The number of amides is 2. The number of nitrogens with zero attached hydrogens (tertiary/aromatic N) is 2. The van der Waals surface area contributed by atoms with Crippen LogP contribution < -0.4 is 15.8 Å². The van der Waals surface area contributed by atoms with Gasteiger partial charge < -0.3 is 20.1 Å². The van der Waals surface area contributed by atoms with Crippen LogP contribution in [-0.4, -0.2) is 33.3 Å². The van der Waals surface area contributed by atoms with Gasteiger partial charge in [0, 0.05) is 25.4 Å². The highest BCUT2D eigenvalue weighted by atomic mass is 19.1. The minimum absolute atomic E-state index is 0.252. The molecule has 3 N–H and O–H groups in total. The Morgan fingerprint density at radius 2 is 1.81 bits per heavy atom.